The second-order valence-corrected chi connectivity index (χ2v) is 11.3. The topological polar surface area (TPSA) is 132 Å². The average molecular weight is 523 g/mol. The Morgan fingerprint density at radius 3 is 2.51 bits per heavy atom. The Balaban J connectivity index is 1.21. The molecule has 37 heavy (non-hydrogen) atoms. The van der Waals surface area contributed by atoms with E-state index in [1.807, 2.05) is 31.2 Å². The van der Waals surface area contributed by atoms with Gasteiger partial charge in [-0.05, 0) is 37.5 Å². The molecule has 4 aromatic rings. The van der Waals surface area contributed by atoms with Crippen LogP contribution in [0.3, 0.4) is 0 Å². The first-order valence-electron chi connectivity index (χ1n) is 12.2. The lowest BCUT2D eigenvalue weighted by Gasteiger charge is -2.31. The maximum atomic E-state index is 13.3. The molecule has 1 saturated heterocycles. The van der Waals surface area contributed by atoms with Gasteiger partial charge in [0, 0.05) is 25.1 Å². The zero-order chi connectivity index (χ0) is 25.6. The highest BCUT2D eigenvalue weighted by Crippen LogP contribution is 2.35. The van der Waals surface area contributed by atoms with Gasteiger partial charge in [0.25, 0.3) is 5.56 Å². The maximum absolute atomic E-state index is 13.3. The number of benzene rings is 2. The van der Waals surface area contributed by atoms with Crippen molar-refractivity contribution in [1.29, 1.82) is 0 Å². The highest BCUT2D eigenvalue weighted by Gasteiger charge is 2.32. The molecule has 0 radical (unpaired) electrons. The number of aromatic nitrogens is 5. The number of ether oxygens (including phenoxy) is 2. The third-order valence-corrected chi connectivity index (χ3v) is 8.73. The van der Waals surface area contributed by atoms with E-state index in [0.29, 0.717) is 68.7 Å². The molecule has 0 spiro atoms. The first kappa shape index (κ1) is 23.6. The van der Waals surface area contributed by atoms with E-state index in [9.17, 15) is 13.2 Å². The number of sulfonamides is 1. The van der Waals surface area contributed by atoms with Crippen LogP contribution in [0, 0.1) is 6.92 Å². The van der Waals surface area contributed by atoms with Crippen LogP contribution in [0.2, 0.25) is 0 Å². The van der Waals surface area contributed by atoms with Gasteiger partial charge in [-0.25, -0.2) is 18.1 Å². The minimum absolute atomic E-state index is 0.0912. The largest absolute Gasteiger partial charge is 0.486 e. The molecule has 0 atom stereocenters. The van der Waals surface area contributed by atoms with Crippen LogP contribution in [0.1, 0.15) is 35.7 Å². The van der Waals surface area contributed by atoms with Gasteiger partial charge in [0.1, 0.15) is 19.0 Å². The molecule has 2 aromatic heterocycles. The lowest BCUT2D eigenvalue weighted by atomic mass is 9.97. The summed E-state index contributed by atoms with van der Waals surface area (Å²) in [6.45, 7) is 3.91. The first-order valence-corrected chi connectivity index (χ1v) is 13.6. The van der Waals surface area contributed by atoms with Crippen molar-refractivity contribution in [3.8, 4) is 11.5 Å². The smallest absolute Gasteiger partial charge is 0.281 e. The third kappa shape index (κ3) is 4.46. The SMILES string of the molecule is Cc1ccc(Cn2nnc3c(=O)[nH]c(C4CCN(S(=O)(=O)c5ccc6c(c5)OCCO6)CC4)nc32)cc1. The fourth-order valence-electron chi connectivity index (χ4n) is 4.75. The summed E-state index contributed by atoms with van der Waals surface area (Å²) >= 11 is 0. The molecule has 0 saturated carbocycles. The standard InChI is InChI=1S/C25H26N6O5S/c1-16-2-4-17(5-3-16)15-31-24-22(28-29-31)25(32)27-23(26-24)18-8-10-30(11-9-18)37(33,34)19-6-7-20-21(14-19)36-13-12-35-20/h2-7,14,18H,8-13,15H2,1H3,(H,26,27,32). The van der Waals surface area contributed by atoms with Gasteiger partial charge in [0.05, 0.1) is 11.4 Å². The Morgan fingerprint density at radius 1 is 1.03 bits per heavy atom. The lowest BCUT2D eigenvalue weighted by Crippen LogP contribution is -2.38. The molecule has 2 aliphatic rings. The first-order chi connectivity index (χ1) is 17.9. The third-order valence-electron chi connectivity index (χ3n) is 6.84. The highest BCUT2D eigenvalue weighted by molar-refractivity contribution is 7.89. The fraction of sp³-hybridized carbons (Fsp3) is 0.360. The summed E-state index contributed by atoms with van der Waals surface area (Å²) in [4.78, 5) is 20.5. The lowest BCUT2D eigenvalue weighted by molar-refractivity contribution is 0.171. The second-order valence-electron chi connectivity index (χ2n) is 9.34. The Labute approximate surface area is 213 Å². The summed E-state index contributed by atoms with van der Waals surface area (Å²) < 4.78 is 40.7. The minimum atomic E-state index is -3.70. The van der Waals surface area contributed by atoms with Gasteiger partial charge >= 0.3 is 0 Å². The van der Waals surface area contributed by atoms with Gasteiger partial charge in [0.2, 0.25) is 10.0 Å². The Morgan fingerprint density at radius 2 is 1.76 bits per heavy atom. The van der Waals surface area contributed by atoms with Crippen LogP contribution in [0.5, 0.6) is 11.5 Å². The van der Waals surface area contributed by atoms with Crippen molar-refractivity contribution < 1.29 is 17.9 Å². The second kappa shape index (κ2) is 9.27. The molecule has 192 valence electrons. The number of nitrogens with one attached hydrogen (secondary N) is 1. The number of nitrogens with zero attached hydrogens (tertiary/aromatic N) is 5. The number of hydrogen-bond acceptors (Lipinski definition) is 8. The molecular formula is C25H26N6O5S. The molecule has 2 aromatic carbocycles. The summed E-state index contributed by atoms with van der Waals surface area (Å²) in [5, 5.41) is 8.17. The van der Waals surface area contributed by atoms with Gasteiger partial charge in [0.15, 0.2) is 22.7 Å². The molecule has 1 N–H and O–H groups in total. The molecule has 4 heterocycles. The minimum Gasteiger partial charge on any atom is -0.486 e. The molecule has 6 rings (SSSR count). The number of hydrogen-bond donors (Lipinski definition) is 1. The van der Waals surface area contributed by atoms with Crippen molar-refractivity contribution in [3.63, 3.8) is 0 Å². The summed E-state index contributed by atoms with van der Waals surface area (Å²) in [6.07, 6.45) is 1.05. The van der Waals surface area contributed by atoms with Crippen molar-refractivity contribution in [2.75, 3.05) is 26.3 Å². The molecule has 0 amide bonds. The van der Waals surface area contributed by atoms with E-state index in [-0.39, 0.29) is 21.9 Å². The van der Waals surface area contributed by atoms with E-state index in [4.69, 9.17) is 14.5 Å². The number of fused-ring (bicyclic) bond motifs is 2. The zero-order valence-electron chi connectivity index (χ0n) is 20.3. The normalized spacial score (nSPS) is 16.8. The zero-order valence-corrected chi connectivity index (χ0v) is 21.1. The van der Waals surface area contributed by atoms with Gasteiger partial charge in [-0.1, -0.05) is 35.0 Å². The summed E-state index contributed by atoms with van der Waals surface area (Å²) in [5.74, 6) is 1.42. The quantitative estimate of drug-likeness (QED) is 0.422. The molecule has 0 bridgehead atoms. The maximum Gasteiger partial charge on any atom is 0.281 e. The van der Waals surface area contributed by atoms with Crippen LogP contribution in [-0.4, -0.2) is 64.0 Å². The van der Waals surface area contributed by atoms with Gasteiger partial charge in [-0.3, -0.25) is 4.79 Å². The Bertz CT molecular complexity index is 1620. The number of piperidine rings is 1. The molecule has 12 heteroatoms. The summed E-state index contributed by atoms with van der Waals surface area (Å²) in [7, 11) is -3.70. The van der Waals surface area contributed by atoms with Crippen molar-refractivity contribution in [1.82, 2.24) is 29.3 Å². The van der Waals surface area contributed by atoms with E-state index in [1.54, 1.807) is 16.8 Å². The van der Waals surface area contributed by atoms with Crippen LogP contribution >= 0.6 is 0 Å². The Kier molecular flexibility index (Phi) is 5.92. The average Bonchev–Trinajstić information content (AvgIpc) is 3.33. The molecule has 0 aliphatic carbocycles. The number of aryl methyl sites for hydroxylation is 1. The van der Waals surface area contributed by atoms with Crippen LogP contribution < -0.4 is 15.0 Å². The van der Waals surface area contributed by atoms with E-state index in [1.165, 1.54) is 10.4 Å². The number of aromatic amines is 1. The summed E-state index contributed by atoms with van der Waals surface area (Å²) in [5.41, 5.74) is 2.45. The van der Waals surface area contributed by atoms with Crippen molar-refractivity contribution in [2.24, 2.45) is 0 Å². The van der Waals surface area contributed by atoms with Crippen molar-refractivity contribution in [2.45, 2.75) is 37.1 Å². The molecule has 0 unspecified atom stereocenters. The van der Waals surface area contributed by atoms with E-state index < -0.39 is 10.0 Å². The molecular weight excluding hydrogens is 496 g/mol. The van der Waals surface area contributed by atoms with Crippen molar-refractivity contribution >= 4 is 21.2 Å². The van der Waals surface area contributed by atoms with E-state index in [2.05, 4.69) is 15.3 Å². The molecule has 1 fully saturated rings. The monoisotopic (exact) mass is 522 g/mol. The van der Waals surface area contributed by atoms with Crippen LogP contribution in [-0.2, 0) is 16.6 Å². The predicted molar refractivity (Wildman–Crippen MR) is 134 cm³/mol. The van der Waals surface area contributed by atoms with Crippen LogP contribution in [0.4, 0.5) is 0 Å². The van der Waals surface area contributed by atoms with Crippen LogP contribution in [0.15, 0.2) is 52.2 Å². The predicted octanol–water partition coefficient (Wildman–Crippen LogP) is 2.21. The van der Waals surface area contributed by atoms with E-state index >= 15 is 0 Å². The van der Waals surface area contributed by atoms with E-state index in [0.717, 1.165) is 11.1 Å². The highest BCUT2D eigenvalue weighted by atomic mass is 32.2. The molecule has 11 nitrogen and oxygen atoms in total. The molecule has 2 aliphatic heterocycles. The van der Waals surface area contributed by atoms with Gasteiger partial charge < -0.3 is 14.5 Å². The van der Waals surface area contributed by atoms with Gasteiger partial charge in [-0.2, -0.15) is 4.31 Å². The number of rotatable bonds is 5. The number of H-pyrrole nitrogens is 1. The fourth-order valence-corrected chi connectivity index (χ4v) is 6.24. The van der Waals surface area contributed by atoms with Gasteiger partial charge in [-0.15, -0.1) is 5.10 Å². The van der Waals surface area contributed by atoms with Crippen molar-refractivity contribution in [3.05, 3.63) is 69.8 Å². The Hall–Kier alpha value is -3.77. The van der Waals surface area contributed by atoms with Crippen LogP contribution in [0.25, 0.3) is 11.2 Å². The summed E-state index contributed by atoms with van der Waals surface area (Å²) in [6, 6.07) is 12.8.